The minimum absolute atomic E-state index is 0.0767. The van der Waals surface area contributed by atoms with Crippen molar-refractivity contribution >= 4 is 63.3 Å². The number of thioether (sulfide) groups is 1. The number of fused-ring (bicyclic) bond motifs is 1. The number of nitrogens with one attached hydrogen (secondary N) is 2. The maximum atomic E-state index is 12.7. The van der Waals surface area contributed by atoms with Gasteiger partial charge >= 0.3 is 0 Å². The Labute approximate surface area is 179 Å². The summed E-state index contributed by atoms with van der Waals surface area (Å²) in [6.45, 7) is 1.89. The molecule has 2 atom stereocenters. The molecule has 2 aliphatic rings. The van der Waals surface area contributed by atoms with Gasteiger partial charge in [-0.15, -0.1) is 0 Å². The van der Waals surface area contributed by atoms with E-state index >= 15 is 0 Å². The fourth-order valence-corrected chi connectivity index (χ4v) is 4.29. The molecule has 1 aromatic heterocycles. The molecule has 2 aromatic rings. The second kappa shape index (κ2) is 8.30. The van der Waals surface area contributed by atoms with Crippen LogP contribution >= 0.6 is 27.7 Å². The average molecular weight is 470 g/mol. The van der Waals surface area contributed by atoms with Gasteiger partial charge < -0.3 is 10.6 Å². The average Bonchev–Trinajstić information content (AvgIpc) is 3.15. The predicted octanol–water partition coefficient (Wildman–Crippen LogP) is 3.82. The lowest BCUT2D eigenvalue weighted by molar-refractivity contribution is -0.112. The van der Waals surface area contributed by atoms with E-state index in [1.807, 2.05) is 19.1 Å². The van der Waals surface area contributed by atoms with Crippen molar-refractivity contribution in [1.82, 2.24) is 4.98 Å². The molecule has 2 N–H and O–H groups in total. The summed E-state index contributed by atoms with van der Waals surface area (Å²) in [6.07, 6.45) is 6.69. The van der Waals surface area contributed by atoms with Crippen molar-refractivity contribution in [1.29, 1.82) is 0 Å². The molecule has 1 aromatic carbocycles. The molecular formula is C20H16BrN5O2S. The fraction of sp³-hybridized carbons (Fsp3) is 0.150. The lowest BCUT2D eigenvalue weighted by atomic mass is 10.1. The SMILES string of the molecule is Cc1ccc(NC(=O)c2ccnc(Br)c2)cc1NC(=O)C1=C[C@H]2N=CC=NC2S1. The third-order valence-electron chi connectivity index (χ3n) is 4.38. The molecule has 0 saturated heterocycles. The number of amides is 2. The van der Waals surface area contributed by atoms with Crippen molar-refractivity contribution in [2.24, 2.45) is 9.98 Å². The first-order valence-corrected chi connectivity index (χ1v) is 10.5. The van der Waals surface area contributed by atoms with Gasteiger partial charge in [0, 0.05) is 35.6 Å². The van der Waals surface area contributed by atoms with Crippen LogP contribution in [0.2, 0.25) is 0 Å². The number of aryl methyl sites for hydroxylation is 1. The number of hydrogen-bond donors (Lipinski definition) is 2. The molecule has 0 spiro atoms. The van der Waals surface area contributed by atoms with Gasteiger partial charge in [0.05, 0.1) is 4.91 Å². The predicted molar refractivity (Wildman–Crippen MR) is 120 cm³/mol. The Bertz CT molecular complexity index is 1080. The number of carbonyl (C=O) groups excluding carboxylic acids is 2. The zero-order chi connectivity index (χ0) is 20.4. The highest BCUT2D eigenvalue weighted by Crippen LogP contribution is 2.36. The molecule has 0 fully saturated rings. The van der Waals surface area contributed by atoms with Crippen LogP contribution in [0.5, 0.6) is 0 Å². The van der Waals surface area contributed by atoms with Gasteiger partial charge in [0.2, 0.25) is 0 Å². The number of anilines is 2. The molecule has 0 radical (unpaired) electrons. The minimum Gasteiger partial charge on any atom is -0.322 e. The van der Waals surface area contributed by atoms with Crippen LogP contribution < -0.4 is 10.6 Å². The normalized spacial score (nSPS) is 19.4. The monoisotopic (exact) mass is 469 g/mol. The van der Waals surface area contributed by atoms with Crippen LogP contribution in [0.3, 0.4) is 0 Å². The van der Waals surface area contributed by atoms with Gasteiger partial charge in [-0.25, -0.2) is 4.98 Å². The molecule has 4 rings (SSSR count). The van der Waals surface area contributed by atoms with Crippen molar-refractivity contribution in [3.8, 4) is 0 Å². The van der Waals surface area contributed by atoms with E-state index in [9.17, 15) is 9.59 Å². The van der Waals surface area contributed by atoms with E-state index in [2.05, 4.69) is 41.5 Å². The van der Waals surface area contributed by atoms with Crippen LogP contribution in [0, 0.1) is 6.92 Å². The number of nitrogens with zero attached hydrogens (tertiary/aromatic N) is 3. The van der Waals surface area contributed by atoms with Gasteiger partial charge in [0.25, 0.3) is 11.8 Å². The van der Waals surface area contributed by atoms with Gasteiger partial charge in [-0.3, -0.25) is 19.6 Å². The van der Waals surface area contributed by atoms with E-state index in [0.29, 0.717) is 26.4 Å². The van der Waals surface area contributed by atoms with Crippen molar-refractivity contribution < 1.29 is 9.59 Å². The lowest BCUT2D eigenvalue weighted by Gasteiger charge is -2.13. The number of halogens is 1. The van der Waals surface area contributed by atoms with Crippen LogP contribution in [-0.2, 0) is 4.79 Å². The van der Waals surface area contributed by atoms with E-state index in [1.165, 1.54) is 11.8 Å². The topological polar surface area (TPSA) is 95.8 Å². The Morgan fingerprint density at radius 1 is 1.07 bits per heavy atom. The Hall–Kier alpha value is -2.78. The van der Waals surface area contributed by atoms with E-state index in [-0.39, 0.29) is 23.2 Å². The summed E-state index contributed by atoms with van der Waals surface area (Å²) in [7, 11) is 0. The molecule has 0 saturated carbocycles. The van der Waals surface area contributed by atoms with Crippen molar-refractivity contribution in [2.45, 2.75) is 18.3 Å². The van der Waals surface area contributed by atoms with Crippen LogP contribution in [0.4, 0.5) is 11.4 Å². The first-order valence-electron chi connectivity index (χ1n) is 8.78. The number of benzene rings is 1. The van der Waals surface area contributed by atoms with Gasteiger partial charge in [-0.05, 0) is 58.8 Å². The largest absolute Gasteiger partial charge is 0.322 e. The van der Waals surface area contributed by atoms with Crippen LogP contribution in [0.1, 0.15) is 15.9 Å². The maximum Gasteiger partial charge on any atom is 0.261 e. The molecule has 146 valence electrons. The van der Waals surface area contributed by atoms with Crippen molar-refractivity contribution in [2.75, 3.05) is 10.6 Å². The highest BCUT2D eigenvalue weighted by atomic mass is 79.9. The summed E-state index contributed by atoms with van der Waals surface area (Å²) in [6, 6.07) is 8.55. The van der Waals surface area contributed by atoms with Gasteiger partial charge in [0.15, 0.2) is 0 Å². The van der Waals surface area contributed by atoms with E-state index in [4.69, 9.17) is 0 Å². The highest BCUT2D eigenvalue weighted by Gasteiger charge is 2.31. The highest BCUT2D eigenvalue weighted by molar-refractivity contribution is 9.10. The number of hydrogen-bond acceptors (Lipinski definition) is 6. The second-order valence-corrected chi connectivity index (χ2v) is 8.40. The minimum atomic E-state index is -0.261. The quantitative estimate of drug-likeness (QED) is 0.665. The second-order valence-electron chi connectivity index (χ2n) is 6.43. The Morgan fingerprint density at radius 2 is 1.90 bits per heavy atom. The number of pyridine rings is 1. The zero-order valence-electron chi connectivity index (χ0n) is 15.3. The summed E-state index contributed by atoms with van der Waals surface area (Å²) >= 11 is 4.65. The molecule has 2 aliphatic heterocycles. The molecule has 1 unspecified atom stereocenters. The summed E-state index contributed by atoms with van der Waals surface area (Å²) in [5.74, 6) is -0.470. The third kappa shape index (κ3) is 4.46. The first kappa shape index (κ1) is 19.5. The number of rotatable bonds is 4. The van der Waals surface area contributed by atoms with Crippen LogP contribution in [-0.4, -0.2) is 40.6 Å². The number of carbonyl (C=O) groups is 2. The maximum absolute atomic E-state index is 12.7. The molecule has 9 heteroatoms. The Morgan fingerprint density at radius 3 is 2.69 bits per heavy atom. The lowest BCUT2D eigenvalue weighted by Crippen LogP contribution is -2.16. The molecule has 0 bridgehead atoms. The Balaban J connectivity index is 1.47. The summed E-state index contributed by atoms with van der Waals surface area (Å²) in [5, 5.41) is 5.69. The van der Waals surface area contributed by atoms with Crippen LogP contribution in [0.15, 0.2) is 62.1 Å². The third-order valence-corrected chi connectivity index (χ3v) is 6.03. The van der Waals surface area contributed by atoms with Crippen LogP contribution in [0.25, 0.3) is 0 Å². The van der Waals surface area contributed by atoms with Gasteiger partial charge in [-0.1, -0.05) is 17.8 Å². The van der Waals surface area contributed by atoms with Gasteiger partial charge in [-0.2, -0.15) is 0 Å². The standard InChI is InChI=1S/C20H16BrN5O2S/c1-11-2-3-13(25-18(27)12-4-5-23-17(21)8-12)9-14(11)26-19(28)16-10-15-20(29-16)24-7-6-22-15/h2-10,15,20H,1H3,(H,25,27)(H,26,28)/t15-,20?/m1/s1. The molecule has 29 heavy (non-hydrogen) atoms. The Kier molecular flexibility index (Phi) is 5.59. The van der Waals surface area contributed by atoms with Crippen molar-refractivity contribution in [3.05, 3.63) is 63.2 Å². The fourth-order valence-electron chi connectivity index (χ4n) is 2.87. The van der Waals surface area contributed by atoms with E-state index < -0.39 is 0 Å². The molecular weight excluding hydrogens is 454 g/mol. The van der Waals surface area contributed by atoms with E-state index in [1.54, 1.807) is 42.9 Å². The molecule has 7 nitrogen and oxygen atoms in total. The molecule has 0 aliphatic carbocycles. The molecule has 3 heterocycles. The summed E-state index contributed by atoms with van der Waals surface area (Å²) in [4.78, 5) is 38.4. The van der Waals surface area contributed by atoms with Crippen molar-refractivity contribution in [3.63, 3.8) is 0 Å². The smallest absolute Gasteiger partial charge is 0.261 e. The zero-order valence-corrected chi connectivity index (χ0v) is 17.7. The number of aromatic nitrogens is 1. The first-order chi connectivity index (χ1) is 14.0. The summed E-state index contributed by atoms with van der Waals surface area (Å²) in [5.41, 5.74) is 2.58. The van der Waals surface area contributed by atoms with Gasteiger partial charge in [0.1, 0.15) is 16.0 Å². The summed E-state index contributed by atoms with van der Waals surface area (Å²) < 4.78 is 0.582. The molecule has 2 amide bonds. The number of aliphatic imine (C=N–C) groups is 2. The van der Waals surface area contributed by atoms with E-state index in [0.717, 1.165) is 5.56 Å².